The van der Waals surface area contributed by atoms with Gasteiger partial charge in [-0.1, -0.05) is 12.1 Å². The lowest BCUT2D eigenvalue weighted by Crippen LogP contribution is -2.29. The molecule has 0 spiro atoms. The molecule has 2 aromatic rings. The number of nitrogens with zero attached hydrogens (tertiary/aromatic N) is 3. The number of amides is 1. The predicted molar refractivity (Wildman–Crippen MR) is 78.9 cm³/mol. The van der Waals surface area contributed by atoms with Crippen molar-refractivity contribution in [3.8, 4) is 11.5 Å². The Hall–Kier alpha value is -2.83. The van der Waals surface area contributed by atoms with E-state index in [4.69, 9.17) is 9.84 Å². The summed E-state index contributed by atoms with van der Waals surface area (Å²) in [5, 5.41) is 12.7. The highest BCUT2D eigenvalue weighted by Gasteiger charge is 2.17. The minimum absolute atomic E-state index is 0.103. The van der Waals surface area contributed by atoms with Crippen LogP contribution in [0.15, 0.2) is 36.7 Å². The van der Waals surface area contributed by atoms with Gasteiger partial charge in [0.15, 0.2) is 5.75 Å². The van der Waals surface area contributed by atoms with Gasteiger partial charge in [-0.25, -0.2) is 0 Å². The van der Waals surface area contributed by atoms with Gasteiger partial charge < -0.3 is 14.7 Å². The summed E-state index contributed by atoms with van der Waals surface area (Å²) in [7, 11) is 3.33. The first-order valence-corrected chi connectivity index (χ1v) is 6.70. The van der Waals surface area contributed by atoms with Gasteiger partial charge in [0.25, 0.3) is 5.91 Å². The molecule has 0 fully saturated rings. The number of carbonyl (C=O) groups excluding carboxylic acids is 1. The molecule has 0 bridgehead atoms. The fourth-order valence-electron chi connectivity index (χ4n) is 1.88. The maximum absolute atomic E-state index is 12.4. The van der Waals surface area contributed by atoms with Gasteiger partial charge >= 0.3 is 5.97 Å². The molecule has 0 saturated heterocycles. The second kappa shape index (κ2) is 6.75. The van der Waals surface area contributed by atoms with Gasteiger partial charge in [0.1, 0.15) is 5.75 Å². The van der Waals surface area contributed by atoms with Gasteiger partial charge in [-0.3, -0.25) is 14.3 Å². The van der Waals surface area contributed by atoms with Crippen LogP contribution in [0.5, 0.6) is 11.5 Å². The Kier molecular flexibility index (Phi) is 4.77. The van der Waals surface area contributed by atoms with E-state index in [-0.39, 0.29) is 18.9 Å². The van der Waals surface area contributed by atoms with Crippen LogP contribution in [0.3, 0.4) is 0 Å². The molecule has 0 aliphatic heterocycles. The highest BCUT2D eigenvalue weighted by Crippen LogP contribution is 2.25. The highest BCUT2D eigenvalue weighted by molar-refractivity contribution is 5.97. The van der Waals surface area contributed by atoms with E-state index >= 15 is 0 Å². The van der Waals surface area contributed by atoms with E-state index in [0.717, 1.165) is 0 Å². The Balaban J connectivity index is 2.16. The predicted octanol–water partition coefficient (Wildman–Crippen LogP) is 1.76. The molecule has 0 saturated carbocycles. The molecule has 2 rings (SSSR count). The average Bonchev–Trinajstić information content (AvgIpc) is 2.89. The van der Waals surface area contributed by atoms with Gasteiger partial charge in [-0.15, -0.1) is 0 Å². The van der Waals surface area contributed by atoms with Crippen molar-refractivity contribution in [3.05, 3.63) is 42.2 Å². The number of ether oxygens (including phenoxy) is 1. The highest BCUT2D eigenvalue weighted by atomic mass is 16.5. The Bertz CT molecular complexity index is 681. The lowest BCUT2D eigenvalue weighted by atomic mass is 10.1. The first kappa shape index (κ1) is 15.6. The zero-order valence-corrected chi connectivity index (χ0v) is 12.4. The van der Waals surface area contributed by atoms with Crippen LogP contribution < -0.4 is 4.74 Å². The third kappa shape index (κ3) is 3.85. The monoisotopic (exact) mass is 303 g/mol. The summed E-state index contributed by atoms with van der Waals surface area (Å²) in [5.74, 6) is -0.307. The molecule has 1 aromatic heterocycles. The first-order chi connectivity index (χ1) is 10.5. The number of aliphatic carboxylic acids is 1. The lowest BCUT2D eigenvalue weighted by Gasteiger charge is -2.18. The third-order valence-corrected chi connectivity index (χ3v) is 3.03. The van der Waals surface area contributed by atoms with Gasteiger partial charge in [0.05, 0.1) is 24.4 Å². The van der Waals surface area contributed by atoms with Gasteiger partial charge in [0, 0.05) is 20.6 Å². The first-order valence-electron chi connectivity index (χ1n) is 6.70. The molecule has 0 unspecified atom stereocenters. The number of hydrogen-bond acceptors (Lipinski definition) is 4. The molecule has 7 heteroatoms. The van der Waals surface area contributed by atoms with Crippen LogP contribution in [0.2, 0.25) is 0 Å². The molecular weight excluding hydrogens is 286 g/mol. The molecule has 1 heterocycles. The van der Waals surface area contributed by atoms with E-state index in [1.54, 1.807) is 55.4 Å². The summed E-state index contributed by atoms with van der Waals surface area (Å²) in [5.41, 5.74) is 0.374. The van der Waals surface area contributed by atoms with E-state index < -0.39 is 5.97 Å². The molecule has 22 heavy (non-hydrogen) atoms. The molecule has 0 aliphatic rings. The molecule has 0 radical (unpaired) electrons. The Morgan fingerprint density at radius 2 is 2.09 bits per heavy atom. The van der Waals surface area contributed by atoms with Crippen molar-refractivity contribution in [2.45, 2.75) is 6.42 Å². The molecule has 1 N–H and O–H groups in total. The second-order valence-electron chi connectivity index (χ2n) is 4.82. The largest absolute Gasteiger partial charge is 0.481 e. The number of benzene rings is 1. The number of aromatic nitrogens is 2. The minimum Gasteiger partial charge on any atom is -0.481 e. The van der Waals surface area contributed by atoms with Gasteiger partial charge in [0.2, 0.25) is 0 Å². The molecule has 0 atom stereocenters. The van der Waals surface area contributed by atoms with E-state index in [2.05, 4.69) is 5.10 Å². The van der Waals surface area contributed by atoms with Crippen molar-refractivity contribution in [1.29, 1.82) is 0 Å². The summed E-state index contributed by atoms with van der Waals surface area (Å²) in [6.45, 7) is 0.134. The topological polar surface area (TPSA) is 84.7 Å². The lowest BCUT2D eigenvalue weighted by molar-refractivity contribution is -0.137. The fourth-order valence-corrected chi connectivity index (χ4v) is 1.88. The van der Waals surface area contributed by atoms with Crippen molar-refractivity contribution >= 4 is 11.9 Å². The smallest absolute Gasteiger partial charge is 0.305 e. The number of rotatable bonds is 6. The molecule has 0 aliphatic carbocycles. The van der Waals surface area contributed by atoms with E-state index in [9.17, 15) is 9.59 Å². The number of para-hydroxylation sites is 1. The molecule has 1 amide bonds. The number of carbonyl (C=O) groups is 2. The average molecular weight is 303 g/mol. The fraction of sp³-hybridized carbons (Fsp3) is 0.267. The van der Waals surface area contributed by atoms with Crippen LogP contribution in [0.25, 0.3) is 0 Å². The molecule has 1 aromatic carbocycles. The van der Waals surface area contributed by atoms with Crippen LogP contribution in [0.4, 0.5) is 0 Å². The van der Waals surface area contributed by atoms with Crippen LogP contribution in [0.1, 0.15) is 16.8 Å². The minimum atomic E-state index is -0.945. The number of aryl methyl sites for hydroxylation is 1. The van der Waals surface area contributed by atoms with E-state index in [1.165, 1.54) is 4.90 Å². The molecule has 7 nitrogen and oxygen atoms in total. The van der Waals surface area contributed by atoms with Crippen LogP contribution in [0, 0.1) is 0 Å². The van der Waals surface area contributed by atoms with Crippen molar-refractivity contribution < 1.29 is 19.4 Å². The van der Waals surface area contributed by atoms with E-state index in [0.29, 0.717) is 17.1 Å². The van der Waals surface area contributed by atoms with Gasteiger partial charge in [-0.2, -0.15) is 5.10 Å². The SMILES string of the molecule is CN(CCC(=O)O)C(=O)c1ccccc1Oc1cnn(C)c1. The van der Waals surface area contributed by atoms with Crippen LogP contribution in [-0.4, -0.2) is 45.3 Å². The molecule has 116 valence electrons. The summed E-state index contributed by atoms with van der Waals surface area (Å²) in [4.78, 5) is 24.4. The summed E-state index contributed by atoms with van der Waals surface area (Å²) in [6.07, 6.45) is 3.14. The van der Waals surface area contributed by atoms with E-state index in [1.807, 2.05) is 0 Å². The van der Waals surface area contributed by atoms with Crippen molar-refractivity contribution in [1.82, 2.24) is 14.7 Å². The van der Waals surface area contributed by atoms with Crippen molar-refractivity contribution in [3.63, 3.8) is 0 Å². The second-order valence-corrected chi connectivity index (χ2v) is 4.82. The van der Waals surface area contributed by atoms with Crippen molar-refractivity contribution in [2.75, 3.05) is 13.6 Å². The Morgan fingerprint density at radius 1 is 1.36 bits per heavy atom. The van der Waals surface area contributed by atoms with Crippen molar-refractivity contribution in [2.24, 2.45) is 7.05 Å². The quantitative estimate of drug-likeness (QED) is 0.879. The maximum Gasteiger partial charge on any atom is 0.305 e. The normalized spacial score (nSPS) is 10.3. The van der Waals surface area contributed by atoms with Gasteiger partial charge in [-0.05, 0) is 12.1 Å². The standard InChI is InChI=1S/C15H17N3O4/c1-17(8-7-14(19)20)15(21)12-5-3-4-6-13(12)22-11-9-16-18(2)10-11/h3-6,9-10H,7-8H2,1-2H3,(H,19,20). The molecular formula is C15H17N3O4. The number of carboxylic acid groups (broad SMARTS) is 1. The van der Waals surface area contributed by atoms with Crippen LogP contribution in [-0.2, 0) is 11.8 Å². The zero-order chi connectivity index (χ0) is 16.1. The summed E-state index contributed by atoms with van der Waals surface area (Å²) in [6, 6.07) is 6.82. The Labute approximate surface area is 127 Å². The van der Waals surface area contributed by atoms with Crippen LogP contribution >= 0.6 is 0 Å². The third-order valence-electron chi connectivity index (χ3n) is 3.03. The summed E-state index contributed by atoms with van der Waals surface area (Å²) < 4.78 is 7.28. The maximum atomic E-state index is 12.4. The zero-order valence-electron chi connectivity index (χ0n) is 12.4. The Morgan fingerprint density at radius 3 is 2.73 bits per heavy atom. The summed E-state index contributed by atoms with van der Waals surface area (Å²) >= 11 is 0. The number of hydrogen-bond donors (Lipinski definition) is 1. The number of carboxylic acids is 1.